The standard InChI is InChI=1S/C19H21F3N2O3S/c20-19(21,22)27-17-7-9-18(10-8-17)28(25,26)24-12-4-11-23(13-14-24)15-16-5-2-1-3-6-16/h1-3,5-10H,4,11-15H2. The van der Waals surface area contributed by atoms with E-state index in [0.717, 1.165) is 37.4 Å². The van der Waals surface area contributed by atoms with Gasteiger partial charge in [-0.3, -0.25) is 4.90 Å². The van der Waals surface area contributed by atoms with Crippen molar-refractivity contribution in [3.63, 3.8) is 0 Å². The van der Waals surface area contributed by atoms with E-state index in [1.807, 2.05) is 30.3 Å². The molecule has 152 valence electrons. The van der Waals surface area contributed by atoms with Crippen molar-refractivity contribution in [3.8, 4) is 5.75 Å². The molecule has 0 spiro atoms. The monoisotopic (exact) mass is 414 g/mol. The molecule has 9 heteroatoms. The van der Waals surface area contributed by atoms with Crippen LogP contribution in [-0.2, 0) is 16.6 Å². The van der Waals surface area contributed by atoms with Gasteiger partial charge in [0, 0.05) is 26.2 Å². The van der Waals surface area contributed by atoms with Gasteiger partial charge in [-0.2, -0.15) is 4.31 Å². The van der Waals surface area contributed by atoms with Crippen molar-refractivity contribution in [2.24, 2.45) is 0 Å². The lowest BCUT2D eigenvalue weighted by atomic mass is 10.2. The SMILES string of the molecule is O=S(=O)(c1ccc(OC(F)(F)F)cc1)N1CCCN(Cc2ccccc2)CC1. The second-order valence-corrected chi connectivity index (χ2v) is 8.48. The van der Waals surface area contributed by atoms with Gasteiger partial charge in [-0.25, -0.2) is 8.42 Å². The summed E-state index contributed by atoms with van der Waals surface area (Å²) in [6.07, 6.45) is -4.13. The number of hydrogen-bond acceptors (Lipinski definition) is 4. The first kappa shape index (κ1) is 20.6. The van der Waals surface area contributed by atoms with Crippen molar-refractivity contribution in [1.82, 2.24) is 9.21 Å². The van der Waals surface area contributed by atoms with Crippen LogP contribution in [-0.4, -0.2) is 50.2 Å². The third-order valence-corrected chi connectivity index (χ3v) is 6.40. The first-order valence-corrected chi connectivity index (χ1v) is 10.3. The Morgan fingerprint density at radius 2 is 1.57 bits per heavy atom. The minimum atomic E-state index is -4.81. The molecule has 0 saturated carbocycles. The summed E-state index contributed by atoms with van der Waals surface area (Å²) in [6.45, 7) is 2.81. The molecule has 5 nitrogen and oxygen atoms in total. The Balaban J connectivity index is 1.65. The van der Waals surface area contributed by atoms with Crippen LogP contribution >= 0.6 is 0 Å². The summed E-state index contributed by atoms with van der Waals surface area (Å²) in [6, 6.07) is 14.3. The van der Waals surface area contributed by atoms with E-state index in [1.165, 1.54) is 9.87 Å². The highest BCUT2D eigenvalue weighted by atomic mass is 32.2. The van der Waals surface area contributed by atoms with Crippen molar-refractivity contribution in [2.75, 3.05) is 26.2 Å². The number of halogens is 3. The zero-order valence-electron chi connectivity index (χ0n) is 15.1. The molecule has 1 fully saturated rings. The zero-order chi connectivity index (χ0) is 20.2. The Morgan fingerprint density at radius 3 is 2.21 bits per heavy atom. The lowest BCUT2D eigenvalue weighted by Gasteiger charge is -2.22. The molecule has 0 aromatic heterocycles. The lowest BCUT2D eigenvalue weighted by molar-refractivity contribution is -0.274. The summed E-state index contributed by atoms with van der Waals surface area (Å²) >= 11 is 0. The third-order valence-electron chi connectivity index (χ3n) is 4.49. The number of alkyl halides is 3. The van der Waals surface area contributed by atoms with E-state index >= 15 is 0 Å². The summed E-state index contributed by atoms with van der Waals surface area (Å²) in [7, 11) is -3.77. The molecule has 1 aliphatic heterocycles. The van der Waals surface area contributed by atoms with Crippen LogP contribution in [0.15, 0.2) is 59.5 Å². The Labute approximate surface area is 162 Å². The number of nitrogens with zero attached hydrogens (tertiary/aromatic N) is 2. The Morgan fingerprint density at radius 1 is 0.893 bits per heavy atom. The minimum Gasteiger partial charge on any atom is -0.406 e. The molecule has 0 amide bonds. The van der Waals surface area contributed by atoms with Crippen LogP contribution in [0.1, 0.15) is 12.0 Å². The van der Waals surface area contributed by atoms with Crippen LogP contribution in [0, 0.1) is 0 Å². The van der Waals surface area contributed by atoms with Gasteiger partial charge in [0.1, 0.15) is 5.75 Å². The fourth-order valence-electron chi connectivity index (χ4n) is 3.15. The Bertz CT molecular complexity index is 872. The highest BCUT2D eigenvalue weighted by molar-refractivity contribution is 7.89. The molecule has 1 heterocycles. The van der Waals surface area contributed by atoms with Crippen molar-refractivity contribution in [1.29, 1.82) is 0 Å². The summed E-state index contributed by atoms with van der Waals surface area (Å²) in [4.78, 5) is 2.16. The van der Waals surface area contributed by atoms with E-state index in [1.54, 1.807) is 0 Å². The molecule has 1 aliphatic rings. The largest absolute Gasteiger partial charge is 0.573 e. The minimum absolute atomic E-state index is 0.0430. The van der Waals surface area contributed by atoms with Gasteiger partial charge >= 0.3 is 6.36 Å². The summed E-state index contributed by atoms with van der Waals surface area (Å²) < 4.78 is 67.6. The number of sulfonamides is 1. The molecule has 0 unspecified atom stereocenters. The number of rotatable bonds is 5. The Kier molecular flexibility index (Phi) is 6.26. The van der Waals surface area contributed by atoms with Gasteiger partial charge in [-0.15, -0.1) is 13.2 Å². The molecule has 28 heavy (non-hydrogen) atoms. The predicted molar refractivity (Wildman–Crippen MR) is 98.2 cm³/mol. The number of benzene rings is 2. The molecular weight excluding hydrogens is 393 g/mol. The maximum absolute atomic E-state index is 12.8. The van der Waals surface area contributed by atoms with Gasteiger partial charge in [0.25, 0.3) is 0 Å². The van der Waals surface area contributed by atoms with Crippen molar-refractivity contribution >= 4 is 10.0 Å². The maximum atomic E-state index is 12.8. The topological polar surface area (TPSA) is 49.9 Å². The van der Waals surface area contributed by atoms with Gasteiger partial charge in [0.15, 0.2) is 0 Å². The highest BCUT2D eigenvalue weighted by Gasteiger charge is 2.32. The van der Waals surface area contributed by atoms with E-state index in [2.05, 4.69) is 9.64 Å². The average molecular weight is 414 g/mol. The molecule has 0 aliphatic carbocycles. The van der Waals surface area contributed by atoms with Gasteiger partial charge in [0.05, 0.1) is 4.90 Å². The lowest BCUT2D eigenvalue weighted by Crippen LogP contribution is -2.35. The van der Waals surface area contributed by atoms with Crippen LogP contribution in [0.25, 0.3) is 0 Å². The summed E-state index contributed by atoms with van der Waals surface area (Å²) in [5.41, 5.74) is 1.17. The first-order chi connectivity index (χ1) is 13.2. The predicted octanol–water partition coefficient (Wildman–Crippen LogP) is 3.48. The quantitative estimate of drug-likeness (QED) is 0.752. The number of hydrogen-bond donors (Lipinski definition) is 0. The maximum Gasteiger partial charge on any atom is 0.573 e. The smallest absolute Gasteiger partial charge is 0.406 e. The average Bonchev–Trinajstić information content (AvgIpc) is 2.88. The summed E-state index contributed by atoms with van der Waals surface area (Å²) in [5.74, 6) is -0.448. The van der Waals surface area contributed by atoms with Crippen LogP contribution in [0.2, 0.25) is 0 Å². The van der Waals surface area contributed by atoms with Gasteiger partial charge in [-0.1, -0.05) is 30.3 Å². The zero-order valence-corrected chi connectivity index (χ0v) is 15.9. The molecule has 3 rings (SSSR count). The highest BCUT2D eigenvalue weighted by Crippen LogP contribution is 2.25. The Hall–Kier alpha value is -2.10. The first-order valence-electron chi connectivity index (χ1n) is 8.86. The van der Waals surface area contributed by atoms with Crippen LogP contribution in [0.4, 0.5) is 13.2 Å². The fraction of sp³-hybridized carbons (Fsp3) is 0.368. The molecule has 2 aromatic rings. The van der Waals surface area contributed by atoms with E-state index in [-0.39, 0.29) is 4.90 Å². The van der Waals surface area contributed by atoms with E-state index in [4.69, 9.17) is 0 Å². The van der Waals surface area contributed by atoms with Crippen LogP contribution in [0.5, 0.6) is 5.75 Å². The molecule has 2 aromatic carbocycles. The van der Waals surface area contributed by atoms with E-state index in [9.17, 15) is 21.6 Å². The fourth-order valence-corrected chi connectivity index (χ4v) is 4.62. The molecule has 0 radical (unpaired) electrons. The molecular formula is C19H21F3N2O3S. The van der Waals surface area contributed by atoms with Crippen molar-refractivity contribution in [3.05, 3.63) is 60.2 Å². The molecule has 0 bridgehead atoms. The summed E-state index contributed by atoms with van der Waals surface area (Å²) in [5, 5.41) is 0. The van der Waals surface area contributed by atoms with Crippen LogP contribution in [0.3, 0.4) is 0 Å². The van der Waals surface area contributed by atoms with Crippen molar-refractivity contribution in [2.45, 2.75) is 24.2 Å². The van der Waals surface area contributed by atoms with E-state index in [0.29, 0.717) is 26.1 Å². The molecule has 1 saturated heterocycles. The second-order valence-electron chi connectivity index (χ2n) is 6.54. The van der Waals surface area contributed by atoms with E-state index < -0.39 is 22.1 Å². The van der Waals surface area contributed by atoms with Crippen LogP contribution < -0.4 is 4.74 Å². The van der Waals surface area contributed by atoms with Gasteiger partial charge < -0.3 is 4.74 Å². The second kappa shape index (κ2) is 8.50. The molecule has 0 atom stereocenters. The molecule has 0 N–H and O–H groups in total. The van der Waals surface area contributed by atoms with Gasteiger partial charge in [-0.05, 0) is 42.8 Å². The van der Waals surface area contributed by atoms with Gasteiger partial charge in [0.2, 0.25) is 10.0 Å². The normalized spacial score (nSPS) is 17.2. The number of ether oxygens (including phenoxy) is 1. The van der Waals surface area contributed by atoms with Crippen molar-refractivity contribution < 1.29 is 26.3 Å². The third kappa shape index (κ3) is 5.46.